The topological polar surface area (TPSA) is 80.0 Å². The maximum Gasteiger partial charge on any atom is 0.246 e. The monoisotopic (exact) mass is 350 g/mol. The summed E-state index contributed by atoms with van der Waals surface area (Å²) < 4.78 is 5.61. The lowest BCUT2D eigenvalue weighted by Gasteiger charge is -2.18. The number of nitrogens with zero attached hydrogens (tertiary/aromatic N) is 2. The highest BCUT2D eigenvalue weighted by molar-refractivity contribution is 5.95. The Kier molecular flexibility index (Phi) is 5.76. The molecule has 1 amide bonds. The van der Waals surface area contributed by atoms with Gasteiger partial charge >= 0.3 is 0 Å². The second-order valence-electron chi connectivity index (χ2n) is 6.27. The van der Waals surface area contributed by atoms with Crippen LogP contribution in [0.15, 0.2) is 65.1 Å². The maximum atomic E-state index is 12.8. The quantitative estimate of drug-likeness (QED) is 0.680. The Morgan fingerprint density at radius 2 is 1.65 bits per heavy atom. The molecule has 134 valence electrons. The van der Waals surface area contributed by atoms with Crippen LogP contribution in [0, 0.1) is 0 Å². The van der Waals surface area contributed by atoms with Crippen LogP contribution in [0.25, 0.3) is 0 Å². The third-order valence-electron chi connectivity index (χ3n) is 3.87. The summed E-state index contributed by atoms with van der Waals surface area (Å²) in [6.45, 7) is 4.29. The smallest absolute Gasteiger partial charge is 0.246 e. The molecule has 0 aliphatic rings. The van der Waals surface area contributed by atoms with Crippen LogP contribution in [0.2, 0.25) is 0 Å². The predicted molar refractivity (Wildman–Crippen MR) is 99.5 cm³/mol. The van der Waals surface area contributed by atoms with E-state index < -0.39 is 6.04 Å². The molecule has 3 rings (SSSR count). The molecule has 2 aromatic carbocycles. The number of hydrogen-bond donors (Lipinski definition) is 2. The molecule has 6 nitrogen and oxygen atoms in total. The highest BCUT2D eigenvalue weighted by Crippen LogP contribution is 2.17. The van der Waals surface area contributed by atoms with E-state index in [9.17, 15) is 4.79 Å². The molecule has 0 aliphatic carbocycles. The molecule has 6 heteroatoms. The number of carbonyl (C=O) groups excluding carboxylic acids is 1. The van der Waals surface area contributed by atoms with E-state index in [1.165, 1.54) is 0 Å². The number of carbonyl (C=O) groups is 1. The van der Waals surface area contributed by atoms with Crippen LogP contribution in [0.1, 0.15) is 43.2 Å². The maximum absolute atomic E-state index is 12.8. The van der Waals surface area contributed by atoms with Gasteiger partial charge in [0.15, 0.2) is 0 Å². The van der Waals surface area contributed by atoms with Gasteiger partial charge in [-0.05, 0) is 17.7 Å². The molecule has 0 bridgehead atoms. The second-order valence-corrected chi connectivity index (χ2v) is 6.27. The lowest BCUT2D eigenvalue weighted by atomic mass is 10.1. The number of amides is 1. The van der Waals surface area contributed by atoms with Gasteiger partial charge in [0.25, 0.3) is 0 Å². The summed E-state index contributed by atoms with van der Waals surface area (Å²) >= 11 is 0. The van der Waals surface area contributed by atoms with Crippen molar-refractivity contribution in [2.45, 2.75) is 32.4 Å². The highest BCUT2D eigenvalue weighted by atomic mass is 16.4. The van der Waals surface area contributed by atoms with Crippen LogP contribution in [-0.4, -0.2) is 16.1 Å². The molecule has 0 aliphatic heterocycles. The van der Waals surface area contributed by atoms with Crippen molar-refractivity contribution in [3.63, 3.8) is 0 Å². The van der Waals surface area contributed by atoms with E-state index in [1.807, 2.05) is 74.5 Å². The fourth-order valence-electron chi connectivity index (χ4n) is 2.50. The van der Waals surface area contributed by atoms with E-state index in [0.717, 1.165) is 11.3 Å². The van der Waals surface area contributed by atoms with E-state index >= 15 is 0 Å². The number of rotatable bonds is 7. The Morgan fingerprint density at radius 3 is 2.27 bits per heavy atom. The van der Waals surface area contributed by atoms with Crippen molar-refractivity contribution in [1.82, 2.24) is 15.5 Å². The summed E-state index contributed by atoms with van der Waals surface area (Å²) in [5, 5.41) is 14.2. The minimum absolute atomic E-state index is 0.147. The lowest BCUT2D eigenvalue weighted by molar-refractivity contribution is -0.118. The average molecular weight is 350 g/mol. The number of hydrogen-bond acceptors (Lipinski definition) is 5. The summed E-state index contributed by atoms with van der Waals surface area (Å²) in [5.74, 6) is 1.07. The molecule has 1 heterocycles. The van der Waals surface area contributed by atoms with Crippen molar-refractivity contribution in [1.29, 1.82) is 0 Å². The first-order valence-electron chi connectivity index (χ1n) is 8.60. The summed E-state index contributed by atoms with van der Waals surface area (Å²) in [6.07, 6.45) is 0. The van der Waals surface area contributed by atoms with Crippen LogP contribution in [0.5, 0.6) is 0 Å². The van der Waals surface area contributed by atoms with Crippen LogP contribution in [0.4, 0.5) is 5.69 Å². The van der Waals surface area contributed by atoms with E-state index in [4.69, 9.17) is 4.42 Å². The Labute approximate surface area is 152 Å². The lowest BCUT2D eigenvalue weighted by Crippen LogP contribution is -2.32. The average Bonchev–Trinajstić information content (AvgIpc) is 3.13. The summed E-state index contributed by atoms with van der Waals surface area (Å²) in [7, 11) is 0. The first-order valence-corrected chi connectivity index (χ1v) is 8.60. The normalized spacial score (nSPS) is 12.1. The van der Waals surface area contributed by atoms with Gasteiger partial charge < -0.3 is 9.73 Å². The molecule has 0 fully saturated rings. The molecule has 1 unspecified atom stereocenters. The second kappa shape index (κ2) is 8.40. The zero-order valence-corrected chi connectivity index (χ0v) is 14.8. The van der Waals surface area contributed by atoms with Crippen molar-refractivity contribution in [2.24, 2.45) is 0 Å². The van der Waals surface area contributed by atoms with E-state index in [-0.39, 0.29) is 11.8 Å². The SMILES string of the molecule is CC(C)c1nnc(CNC(C(=O)Nc2ccccc2)c2ccccc2)o1. The fourth-order valence-corrected chi connectivity index (χ4v) is 2.50. The van der Waals surface area contributed by atoms with Gasteiger partial charge in [-0.3, -0.25) is 10.1 Å². The van der Waals surface area contributed by atoms with Crippen LogP contribution >= 0.6 is 0 Å². The van der Waals surface area contributed by atoms with Crippen molar-refractivity contribution in [3.8, 4) is 0 Å². The van der Waals surface area contributed by atoms with Gasteiger partial charge in [-0.25, -0.2) is 0 Å². The van der Waals surface area contributed by atoms with E-state index in [2.05, 4.69) is 20.8 Å². The molecule has 2 N–H and O–H groups in total. The zero-order valence-electron chi connectivity index (χ0n) is 14.8. The van der Waals surface area contributed by atoms with E-state index in [0.29, 0.717) is 18.3 Å². The van der Waals surface area contributed by atoms with Crippen LogP contribution < -0.4 is 10.6 Å². The number of nitrogens with one attached hydrogen (secondary N) is 2. The first-order chi connectivity index (χ1) is 12.6. The van der Waals surface area contributed by atoms with Gasteiger partial charge in [0.2, 0.25) is 17.7 Å². The highest BCUT2D eigenvalue weighted by Gasteiger charge is 2.21. The third-order valence-corrected chi connectivity index (χ3v) is 3.87. The van der Waals surface area contributed by atoms with Gasteiger partial charge in [-0.2, -0.15) is 0 Å². The number of para-hydroxylation sites is 1. The van der Waals surface area contributed by atoms with Gasteiger partial charge in [-0.1, -0.05) is 62.4 Å². The molecule has 0 spiro atoms. The van der Waals surface area contributed by atoms with Gasteiger partial charge in [0.1, 0.15) is 6.04 Å². The van der Waals surface area contributed by atoms with Crippen LogP contribution in [0.3, 0.4) is 0 Å². The van der Waals surface area contributed by atoms with Gasteiger partial charge in [0.05, 0.1) is 6.54 Å². The molecule has 0 radical (unpaired) electrons. The molecular formula is C20H22N4O2. The van der Waals surface area contributed by atoms with Gasteiger partial charge in [0, 0.05) is 11.6 Å². The Morgan fingerprint density at radius 1 is 1.00 bits per heavy atom. The minimum atomic E-state index is -0.536. The van der Waals surface area contributed by atoms with Gasteiger partial charge in [-0.15, -0.1) is 10.2 Å². The number of aromatic nitrogens is 2. The minimum Gasteiger partial charge on any atom is -0.424 e. The zero-order chi connectivity index (χ0) is 18.4. The molecule has 26 heavy (non-hydrogen) atoms. The molecule has 3 aromatic rings. The third kappa shape index (κ3) is 4.55. The number of anilines is 1. The van der Waals surface area contributed by atoms with Crippen molar-refractivity contribution in [2.75, 3.05) is 5.32 Å². The van der Waals surface area contributed by atoms with Crippen molar-refractivity contribution in [3.05, 3.63) is 78.0 Å². The molecule has 0 saturated heterocycles. The Balaban J connectivity index is 1.74. The summed E-state index contributed by atoms with van der Waals surface area (Å²) in [5.41, 5.74) is 1.62. The predicted octanol–water partition coefficient (Wildman–Crippen LogP) is 3.66. The largest absolute Gasteiger partial charge is 0.424 e. The first kappa shape index (κ1) is 17.8. The van der Waals surface area contributed by atoms with Crippen LogP contribution in [-0.2, 0) is 11.3 Å². The van der Waals surface area contributed by atoms with E-state index in [1.54, 1.807) is 0 Å². The molecule has 1 atom stereocenters. The molecule has 0 saturated carbocycles. The molecular weight excluding hydrogens is 328 g/mol. The standard InChI is InChI=1S/C20H22N4O2/c1-14(2)20-24-23-17(26-20)13-21-18(15-9-5-3-6-10-15)19(25)22-16-11-7-4-8-12-16/h3-12,14,18,21H,13H2,1-2H3,(H,22,25). The summed E-state index contributed by atoms with van der Waals surface area (Å²) in [6, 6.07) is 18.4. The number of benzene rings is 2. The Hall–Kier alpha value is -2.99. The Bertz CT molecular complexity index is 831. The van der Waals surface area contributed by atoms with Crippen molar-refractivity contribution < 1.29 is 9.21 Å². The summed E-state index contributed by atoms with van der Waals surface area (Å²) in [4.78, 5) is 12.8. The van der Waals surface area contributed by atoms with Crippen molar-refractivity contribution >= 4 is 11.6 Å². The fraction of sp³-hybridized carbons (Fsp3) is 0.250. The molecule has 1 aromatic heterocycles.